The summed E-state index contributed by atoms with van der Waals surface area (Å²) in [6.07, 6.45) is 1.77. The summed E-state index contributed by atoms with van der Waals surface area (Å²) >= 11 is 4.75. The maximum atomic E-state index is 14.0. The molecule has 33 heavy (non-hydrogen) atoms. The fourth-order valence-corrected chi connectivity index (χ4v) is 4.45. The van der Waals surface area contributed by atoms with Gasteiger partial charge in [-0.15, -0.1) is 0 Å². The van der Waals surface area contributed by atoms with Crippen LogP contribution in [0.25, 0.3) is 6.08 Å². The smallest absolute Gasteiger partial charge is 0.266 e. The van der Waals surface area contributed by atoms with Crippen molar-refractivity contribution in [2.45, 2.75) is 6.61 Å². The first kappa shape index (κ1) is 23.1. The maximum absolute atomic E-state index is 14.0. The fourth-order valence-electron chi connectivity index (χ4n) is 3.09. The topological polar surface area (TPSA) is 51.1 Å². The number of halogens is 2. The summed E-state index contributed by atoms with van der Waals surface area (Å²) in [5.41, 5.74) is 1.88. The van der Waals surface area contributed by atoms with E-state index >= 15 is 0 Å². The number of ether oxygens (including phenoxy) is 2. The summed E-state index contributed by atoms with van der Waals surface area (Å²) in [5.74, 6) is 0.801. The number of rotatable bonds is 6. The molecule has 3 aromatic rings. The Morgan fingerprint density at radius 3 is 2.61 bits per heavy atom. The number of benzene rings is 3. The Balaban J connectivity index is 1.59. The van der Waals surface area contributed by atoms with E-state index in [9.17, 15) is 9.18 Å². The van der Waals surface area contributed by atoms with E-state index in [2.05, 4.69) is 20.9 Å². The summed E-state index contributed by atoms with van der Waals surface area (Å²) in [6.45, 7) is 0.0790. The first-order valence-electron chi connectivity index (χ1n) is 10.0. The molecule has 0 atom stereocenters. The number of carbonyl (C=O) groups is 1. The predicted octanol–water partition coefficient (Wildman–Crippen LogP) is 6.41. The maximum Gasteiger partial charge on any atom is 0.266 e. The molecule has 0 aromatic heterocycles. The van der Waals surface area contributed by atoms with Crippen molar-refractivity contribution in [2.24, 2.45) is 4.99 Å². The third kappa shape index (κ3) is 5.46. The summed E-state index contributed by atoms with van der Waals surface area (Å²) in [7, 11) is 3.29. The van der Waals surface area contributed by atoms with E-state index in [1.54, 1.807) is 44.5 Å². The minimum atomic E-state index is -0.322. The Hall–Kier alpha value is -3.10. The molecule has 1 fully saturated rings. The van der Waals surface area contributed by atoms with E-state index in [-0.39, 0.29) is 18.3 Å². The molecule has 1 aliphatic heterocycles. The van der Waals surface area contributed by atoms with Gasteiger partial charge in [0.1, 0.15) is 23.9 Å². The summed E-state index contributed by atoms with van der Waals surface area (Å²) in [5, 5.41) is 0.570. The number of thioether (sulfide) groups is 1. The molecular weight excluding hydrogens is 507 g/mol. The van der Waals surface area contributed by atoms with Crippen LogP contribution in [-0.4, -0.2) is 30.1 Å². The van der Waals surface area contributed by atoms with Gasteiger partial charge in [-0.3, -0.25) is 9.69 Å². The zero-order chi connectivity index (χ0) is 23.4. The Bertz CT molecular complexity index is 1240. The number of aliphatic imine (C=N–C) groups is 1. The second-order valence-corrected chi connectivity index (χ2v) is 9.05. The average Bonchev–Trinajstić information content (AvgIpc) is 3.07. The average molecular weight is 527 g/mol. The molecule has 1 saturated heterocycles. The van der Waals surface area contributed by atoms with Crippen molar-refractivity contribution in [3.05, 3.63) is 93.1 Å². The normalized spacial score (nSPS) is 16.0. The van der Waals surface area contributed by atoms with E-state index in [0.29, 0.717) is 26.9 Å². The molecular formula is C25H20BrFN2O3S. The molecule has 0 spiro atoms. The van der Waals surface area contributed by atoms with Crippen LogP contribution in [0.2, 0.25) is 0 Å². The third-order valence-electron chi connectivity index (χ3n) is 4.90. The van der Waals surface area contributed by atoms with Crippen LogP contribution >= 0.6 is 27.7 Å². The van der Waals surface area contributed by atoms with Crippen molar-refractivity contribution in [1.82, 2.24) is 4.90 Å². The Morgan fingerprint density at radius 1 is 1.12 bits per heavy atom. The zero-order valence-corrected chi connectivity index (χ0v) is 20.3. The van der Waals surface area contributed by atoms with E-state index in [1.807, 2.05) is 36.4 Å². The van der Waals surface area contributed by atoms with Crippen molar-refractivity contribution in [1.29, 1.82) is 0 Å². The van der Waals surface area contributed by atoms with E-state index < -0.39 is 0 Å². The molecule has 0 aliphatic carbocycles. The second-order valence-electron chi connectivity index (χ2n) is 7.13. The van der Waals surface area contributed by atoms with Crippen molar-refractivity contribution >= 4 is 50.5 Å². The zero-order valence-electron chi connectivity index (χ0n) is 17.9. The highest BCUT2D eigenvalue weighted by molar-refractivity contribution is 9.10. The van der Waals surface area contributed by atoms with Crippen LogP contribution in [0.4, 0.5) is 10.1 Å². The van der Waals surface area contributed by atoms with Gasteiger partial charge in [-0.25, -0.2) is 9.38 Å². The summed E-state index contributed by atoms with van der Waals surface area (Å²) < 4.78 is 25.9. The monoisotopic (exact) mass is 526 g/mol. The molecule has 0 radical (unpaired) electrons. The molecule has 0 saturated carbocycles. The van der Waals surface area contributed by atoms with Gasteiger partial charge in [0.25, 0.3) is 5.91 Å². The van der Waals surface area contributed by atoms with Gasteiger partial charge < -0.3 is 9.47 Å². The van der Waals surface area contributed by atoms with Crippen molar-refractivity contribution < 1.29 is 18.7 Å². The van der Waals surface area contributed by atoms with E-state index in [0.717, 1.165) is 15.9 Å². The lowest BCUT2D eigenvalue weighted by Crippen LogP contribution is -2.23. The highest BCUT2D eigenvalue weighted by Gasteiger charge is 2.30. The van der Waals surface area contributed by atoms with Crippen LogP contribution in [0, 0.1) is 5.82 Å². The van der Waals surface area contributed by atoms with Crippen LogP contribution in [0.5, 0.6) is 11.5 Å². The molecule has 1 aliphatic rings. The Labute approximate surface area is 204 Å². The number of amides is 1. The Morgan fingerprint density at radius 2 is 1.88 bits per heavy atom. The van der Waals surface area contributed by atoms with Gasteiger partial charge in [0, 0.05) is 22.6 Å². The lowest BCUT2D eigenvalue weighted by atomic mass is 10.1. The largest absolute Gasteiger partial charge is 0.497 e. The quantitative estimate of drug-likeness (QED) is 0.348. The first-order valence-corrected chi connectivity index (χ1v) is 11.6. The number of hydrogen-bond acceptors (Lipinski definition) is 5. The van der Waals surface area contributed by atoms with E-state index in [4.69, 9.17) is 9.47 Å². The van der Waals surface area contributed by atoms with Gasteiger partial charge in [-0.1, -0.05) is 34.1 Å². The van der Waals surface area contributed by atoms with Gasteiger partial charge in [0.05, 0.1) is 17.7 Å². The lowest BCUT2D eigenvalue weighted by Gasteiger charge is -2.11. The number of hydrogen-bond donors (Lipinski definition) is 0. The van der Waals surface area contributed by atoms with E-state index in [1.165, 1.54) is 22.7 Å². The van der Waals surface area contributed by atoms with Gasteiger partial charge in [-0.2, -0.15) is 0 Å². The standard InChI is InChI=1S/C25H20BrFN2O3S/c1-29-24(30)23(33-25(29)28-19-8-10-20(31-2)11-9-19)14-17-13-18(26)7-12-22(17)32-15-16-5-3-4-6-21(16)27/h3-14H,15H2,1-2H3. The molecule has 1 heterocycles. The van der Waals surface area contributed by atoms with Crippen molar-refractivity contribution in [2.75, 3.05) is 14.2 Å². The molecule has 168 valence electrons. The molecule has 5 nitrogen and oxygen atoms in total. The minimum Gasteiger partial charge on any atom is -0.497 e. The highest BCUT2D eigenvalue weighted by Crippen LogP contribution is 2.36. The number of amidine groups is 1. The minimum absolute atomic E-state index is 0.0790. The van der Waals surface area contributed by atoms with Gasteiger partial charge in [0.15, 0.2) is 5.17 Å². The van der Waals surface area contributed by atoms with Crippen LogP contribution in [0.1, 0.15) is 11.1 Å². The second kappa shape index (κ2) is 10.2. The summed E-state index contributed by atoms with van der Waals surface area (Å²) in [6, 6.07) is 19.3. The number of nitrogens with zero attached hydrogens (tertiary/aromatic N) is 2. The molecule has 0 unspecified atom stereocenters. The van der Waals surface area contributed by atoms with Crippen LogP contribution < -0.4 is 9.47 Å². The van der Waals surface area contributed by atoms with Gasteiger partial charge >= 0.3 is 0 Å². The fraction of sp³-hybridized carbons (Fsp3) is 0.120. The Kier molecular flexibility index (Phi) is 7.15. The van der Waals surface area contributed by atoms with Gasteiger partial charge in [-0.05, 0) is 66.4 Å². The van der Waals surface area contributed by atoms with Crippen LogP contribution in [-0.2, 0) is 11.4 Å². The molecule has 1 amide bonds. The first-order chi connectivity index (χ1) is 15.9. The summed E-state index contributed by atoms with van der Waals surface area (Å²) in [4.78, 5) is 19.5. The number of methoxy groups -OCH3 is 1. The number of carbonyl (C=O) groups excluding carboxylic acids is 1. The lowest BCUT2D eigenvalue weighted by molar-refractivity contribution is -0.121. The van der Waals surface area contributed by atoms with Crippen LogP contribution in [0.15, 0.2) is 81.1 Å². The van der Waals surface area contributed by atoms with Crippen molar-refractivity contribution in [3.63, 3.8) is 0 Å². The SMILES string of the molecule is COc1ccc(N=C2SC(=Cc3cc(Br)ccc3OCc3ccccc3F)C(=O)N2C)cc1. The molecule has 0 bridgehead atoms. The van der Waals surface area contributed by atoms with Gasteiger partial charge in [0.2, 0.25) is 0 Å². The number of likely N-dealkylation sites (N-methyl/N-ethyl adjacent to an activating group) is 1. The molecule has 8 heteroatoms. The predicted molar refractivity (Wildman–Crippen MR) is 133 cm³/mol. The van der Waals surface area contributed by atoms with Crippen molar-refractivity contribution in [3.8, 4) is 11.5 Å². The highest BCUT2D eigenvalue weighted by atomic mass is 79.9. The third-order valence-corrected chi connectivity index (χ3v) is 6.45. The molecule has 4 rings (SSSR count). The van der Waals surface area contributed by atoms with Crippen LogP contribution in [0.3, 0.4) is 0 Å². The molecule has 0 N–H and O–H groups in total. The molecule has 3 aromatic carbocycles.